The minimum absolute atomic E-state index is 0.0469. The quantitative estimate of drug-likeness (QED) is 0.172. The monoisotopic (exact) mass is 664 g/mol. The standard InChI is InChI=1S/C35H39F3N6O4/c1-21-13-22(2)44(43-21)28(20-48-35(39)46)14-27-19-47-29(16-41-27)11-12-30-32(38)17-40-18-33(30)42-34(45)15-31(23-3-7-25(36)8-4-23)24-5-9-26(37)10-6-24/h3-10,13,17-18,27-29,31,41H,11-12,14-16,19-20H2,1-2H3,(H2,39,46)(H,42,45)/t27-,28?,29+/m0/s1. The molecule has 0 spiro atoms. The Balaban J connectivity index is 1.19. The van der Waals surface area contributed by atoms with Crippen LogP contribution in [-0.2, 0) is 20.7 Å². The van der Waals surface area contributed by atoms with Crippen molar-refractivity contribution in [2.75, 3.05) is 25.1 Å². The third kappa shape index (κ3) is 9.20. The van der Waals surface area contributed by atoms with Gasteiger partial charge in [-0.05, 0) is 74.6 Å². The van der Waals surface area contributed by atoms with Gasteiger partial charge in [-0.15, -0.1) is 0 Å². The maximum atomic E-state index is 15.1. The first kappa shape index (κ1) is 34.6. The zero-order chi connectivity index (χ0) is 34.2. The lowest BCUT2D eigenvalue weighted by Gasteiger charge is -2.33. The van der Waals surface area contributed by atoms with Gasteiger partial charge < -0.3 is 25.8 Å². The summed E-state index contributed by atoms with van der Waals surface area (Å²) in [5.41, 5.74) is 8.91. The summed E-state index contributed by atoms with van der Waals surface area (Å²) in [6, 6.07) is 13.2. The maximum absolute atomic E-state index is 15.1. The molecular formula is C35H39F3N6O4. The van der Waals surface area contributed by atoms with Crippen molar-refractivity contribution in [3.63, 3.8) is 0 Å². The largest absolute Gasteiger partial charge is 0.447 e. The van der Waals surface area contributed by atoms with Crippen LogP contribution in [0.25, 0.3) is 0 Å². The van der Waals surface area contributed by atoms with Crippen molar-refractivity contribution >= 4 is 17.7 Å². The van der Waals surface area contributed by atoms with E-state index >= 15 is 4.39 Å². The topological polar surface area (TPSA) is 133 Å². The number of pyridine rings is 1. The number of aryl methyl sites for hydroxylation is 2. The predicted molar refractivity (Wildman–Crippen MR) is 173 cm³/mol. The number of halogens is 3. The van der Waals surface area contributed by atoms with E-state index in [0.29, 0.717) is 42.7 Å². The van der Waals surface area contributed by atoms with Crippen molar-refractivity contribution in [2.45, 2.75) is 63.6 Å². The predicted octanol–water partition coefficient (Wildman–Crippen LogP) is 5.49. The summed E-state index contributed by atoms with van der Waals surface area (Å²) in [4.78, 5) is 28.6. The van der Waals surface area contributed by atoms with Crippen LogP contribution >= 0.6 is 0 Å². The summed E-state index contributed by atoms with van der Waals surface area (Å²) in [5, 5.41) is 10.8. The normalized spacial score (nSPS) is 16.9. The number of nitrogens with one attached hydrogen (secondary N) is 2. The van der Waals surface area contributed by atoms with Gasteiger partial charge in [0.25, 0.3) is 0 Å². The Morgan fingerprint density at radius 1 is 1.06 bits per heavy atom. The Morgan fingerprint density at radius 3 is 2.29 bits per heavy atom. The third-order valence-electron chi connectivity index (χ3n) is 8.46. The van der Waals surface area contributed by atoms with E-state index in [-0.39, 0.29) is 43.3 Å². The number of nitrogens with zero attached hydrogens (tertiary/aromatic N) is 3. The second-order valence-corrected chi connectivity index (χ2v) is 12.0. The maximum Gasteiger partial charge on any atom is 0.404 e. The molecule has 4 N–H and O–H groups in total. The molecule has 1 saturated heterocycles. The lowest BCUT2D eigenvalue weighted by atomic mass is 9.88. The number of hydrogen-bond donors (Lipinski definition) is 3. The molecule has 1 unspecified atom stereocenters. The second kappa shape index (κ2) is 15.9. The van der Waals surface area contributed by atoms with Crippen LogP contribution in [-0.4, -0.2) is 58.7 Å². The Labute approximate surface area is 276 Å². The van der Waals surface area contributed by atoms with Crippen LogP contribution in [0.15, 0.2) is 67.0 Å². The summed E-state index contributed by atoms with van der Waals surface area (Å²) in [6.45, 7) is 4.79. The molecule has 5 rings (SSSR count). The van der Waals surface area contributed by atoms with Crippen molar-refractivity contribution in [1.29, 1.82) is 0 Å². The van der Waals surface area contributed by atoms with E-state index in [1.165, 1.54) is 30.5 Å². The number of morpholine rings is 1. The van der Waals surface area contributed by atoms with Crippen LogP contribution in [0.4, 0.5) is 23.7 Å². The Hall–Kier alpha value is -4.75. The first-order chi connectivity index (χ1) is 23.0. The van der Waals surface area contributed by atoms with Crippen LogP contribution in [0.3, 0.4) is 0 Å². The summed E-state index contributed by atoms with van der Waals surface area (Å²) in [6.07, 6.45) is 2.73. The summed E-state index contributed by atoms with van der Waals surface area (Å²) in [7, 11) is 0. The molecule has 0 bridgehead atoms. The van der Waals surface area contributed by atoms with Crippen molar-refractivity contribution in [3.8, 4) is 0 Å². The van der Waals surface area contributed by atoms with Crippen LogP contribution in [0.1, 0.15) is 59.3 Å². The lowest BCUT2D eigenvalue weighted by molar-refractivity contribution is -0.116. The summed E-state index contributed by atoms with van der Waals surface area (Å²) < 4.78 is 55.4. The number of aromatic nitrogens is 3. The Kier molecular flexibility index (Phi) is 11.5. The first-order valence-electron chi connectivity index (χ1n) is 15.8. The van der Waals surface area contributed by atoms with E-state index in [2.05, 4.69) is 20.7 Å². The number of nitrogens with two attached hydrogens (primary N) is 1. The number of ether oxygens (including phenoxy) is 2. The van der Waals surface area contributed by atoms with Crippen molar-refractivity contribution in [2.24, 2.45) is 5.73 Å². The summed E-state index contributed by atoms with van der Waals surface area (Å²) >= 11 is 0. The van der Waals surface area contributed by atoms with Gasteiger partial charge in [0.2, 0.25) is 5.91 Å². The second-order valence-electron chi connectivity index (χ2n) is 12.0. The minimum atomic E-state index is -0.853. The molecule has 254 valence electrons. The highest BCUT2D eigenvalue weighted by Crippen LogP contribution is 2.30. The molecule has 2 aromatic heterocycles. The SMILES string of the molecule is Cc1cc(C)n(C(COC(N)=O)C[C@H]2CO[C@H](CCc3c(F)cncc3NC(=O)CC(c3ccc(F)cc3)c3ccc(F)cc3)CN2)n1. The average molecular weight is 665 g/mol. The number of carbonyl (C=O) groups is 2. The number of carbonyl (C=O) groups excluding carboxylic acids is 2. The van der Waals surface area contributed by atoms with Gasteiger partial charge >= 0.3 is 6.09 Å². The van der Waals surface area contributed by atoms with Gasteiger partial charge in [0.05, 0.1) is 42.5 Å². The van der Waals surface area contributed by atoms with E-state index in [4.69, 9.17) is 15.2 Å². The fourth-order valence-corrected chi connectivity index (χ4v) is 6.10. The molecule has 1 aliphatic rings. The van der Waals surface area contributed by atoms with Gasteiger partial charge in [0.15, 0.2) is 0 Å². The summed E-state index contributed by atoms with van der Waals surface area (Å²) in [5.74, 6) is -2.28. The molecule has 0 radical (unpaired) electrons. The number of amides is 2. The van der Waals surface area contributed by atoms with E-state index in [1.54, 1.807) is 24.3 Å². The molecule has 48 heavy (non-hydrogen) atoms. The van der Waals surface area contributed by atoms with Crippen LogP contribution in [0.5, 0.6) is 0 Å². The zero-order valence-corrected chi connectivity index (χ0v) is 26.8. The number of hydrogen-bond acceptors (Lipinski definition) is 7. The van der Waals surface area contributed by atoms with Gasteiger partial charge in [-0.1, -0.05) is 24.3 Å². The molecule has 1 aliphatic heterocycles. The fraction of sp³-hybridized carbons (Fsp3) is 0.371. The highest BCUT2D eigenvalue weighted by molar-refractivity contribution is 5.92. The molecule has 0 aliphatic carbocycles. The number of rotatable bonds is 13. The average Bonchev–Trinajstić information content (AvgIpc) is 3.40. The minimum Gasteiger partial charge on any atom is -0.447 e. The van der Waals surface area contributed by atoms with Crippen LogP contribution in [0, 0.1) is 31.3 Å². The zero-order valence-electron chi connectivity index (χ0n) is 26.8. The molecule has 4 aromatic rings. The highest BCUT2D eigenvalue weighted by Gasteiger charge is 2.27. The van der Waals surface area contributed by atoms with Crippen LogP contribution < -0.4 is 16.4 Å². The molecule has 1 fully saturated rings. The molecule has 0 saturated carbocycles. The highest BCUT2D eigenvalue weighted by atomic mass is 19.1. The first-order valence-corrected chi connectivity index (χ1v) is 15.8. The van der Waals surface area contributed by atoms with E-state index in [9.17, 15) is 18.4 Å². The number of primary amides is 1. The molecular weight excluding hydrogens is 625 g/mol. The van der Waals surface area contributed by atoms with Gasteiger partial charge in [-0.2, -0.15) is 5.10 Å². The number of anilines is 1. The molecule has 13 heteroatoms. The van der Waals surface area contributed by atoms with Crippen molar-refractivity contribution in [3.05, 3.63) is 113 Å². The molecule has 3 atom stereocenters. The smallest absolute Gasteiger partial charge is 0.404 e. The van der Waals surface area contributed by atoms with Crippen LogP contribution in [0.2, 0.25) is 0 Å². The van der Waals surface area contributed by atoms with Crippen molar-refractivity contribution in [1.82, 2.24) is 20.1 Å². The van der Waals surface area contributed by atoms with Gasteiger partial charge in [-0.25, -0.2) is 18.0 Å². The fourth-order valence-electron chi connectivity index (χ4n) is 6.10. The third-order valence-corrected chi connectivity index (χ3v) is 8.46. The lowest BCUT2D eigenvalue weighted by Crippen LogP contribution is -2.47. The van der Waals surface area contributed by atoms with E-state index < -0.39 is 35.4 Å². The van der Waals surface area contributed by atoms with Gasteiger partial charge in [0, 0.05) is 36.2 Å². The molecule has 3 heterocycles. The van der Waals surface area contributed by atoms with Crippen molar-refractivity contribution < 1.29 is 32.2 Å². The molecule has 2 aromatic carbocycles. The van der Waals surface area contributed by atoms with E-state index in [1.807, 2.05) is 24.6 Å². The van der Waals surface area contributed by atoms with E-state index in [0.717, 1.165) is 17.6 Å². The Morgan fingerprint density at radius 2 is 1.73 bits per heavy atom. The van der Waals surface area contributed by atoms with Gasteiger partial charge in [0.1, 0.15) is 24.1 Å². The molecule has 10 nitrogen and oxygen atoms in total. The van der Waals surface area contributed by atoms with Gasteiger partial charge in [-0.3, -0.25) is 14.5 Å². The molecule has 2 amide bonds. The Bertz CT molecular complexity index is 1650. The number of benzene rings is 2.